The molecule has 8 heteroatoms. The van der Waals surface area contributed by atoms with Crippen LogP contribution in [0.2, 0.25) is 0 Å². The largest absolute Gasteiger partial charge is 0.480 e. The molecule has 23 heavy (non-hydrogen) atoms. The summed E-state index contributed by atoms with van der Waals surface area (Å²) in [5, 5.41) is 16.6. The molecule has 0 fully saturated rings. The van der Waals surface area contributed by atoms with Crippen molar-refractivity contribution in [3.05, 3.63) is 30.3 Å². The minimum atomic E-state index is -1.20. The number of para-hydroxylation sites is 1. The number of hydrogen-bond donors (Lipinski definition) is 2. The number of methoxy groups -OCH3 is 1. The van der Waals surface area contributed by atoms with Gasteiger partial charge in [0.2, 0.25) is 5.91 Å². The van der Waals surface area contributed by atoms with Crippen molar-refractivity contribution in [2.45, 2.75) is 18.9 Å². The Morgan fingerprint density at radius 3 is 2.65 bits per heavy atom. The second-order valence-corrected chi connectivity index (χ2v) is 4.91. The molecule has 2 rings (SSSR count). The van der Waals surface area contributed by atoms with Crippen LogP contribution in [-0.2, 0) is 19.1 Å². The van der Waals surface area contributed by atoms with E-state index in [-0.39, 0.29) is 31.1 Å². The van der Waals surface area contributed by atoms with E-state index in [1.165, 1.54) is 7.11 Å². The number of amides is 2. The number of nitrogens with one attached hydrogen (secondary N) is 1. The van der Waals surface area contributed by atoms with Gasteiger partial charge in [0.1, 0.15) is 5.71 Å². The summed E-state index contributed by atoms with van der Waals surface area (Å²) in [5.41, 5.74) is 0.657. The highest BCUT2D eigenvalue weighted by Crippen LogP contribution is 2.19. The molecule has 1 heterocycles. The van der Waals surface area contributed by atoms with Crippen LogP contribution < -0.4 is 10.3 Å². The number of hydrazone groups is 1. The molecule has 1 aromatic carbocycles. The molecule has 0 spiro atoms. The first-order valence-electron chi connectivity index (χ1n) is 7.01. The number of rotatable bonds is 6. The van der Waals surface area contributed by atoms with Gasteiger partial charge in [0.15, 0.2) is 6.04 Å². The van der Waals surface area contributed by atoms with Crippen LogP contribution in [0.25, 0.3) is 0 Å². The molecule has 0 aliphatic carbocycles. The Kier molecular flexibility index (Phi) is 5.42. The molecule has 0 bridgehead atoms. The van der Waals surface area contributed by atoms with Crippen LogP contribution in [0.4, 0.5) is 5.69 Å². The highest BCUT2D eigenvalue weighted by atomic mass is 16.5. The van der Waals surface area contributed by atoms with Crippen LogP contribution in [0.3, 0.4) is 0 Å². The Labute approximate surface area is 132 Å². The first-order valence-corrected chi connectivity index (χ1v) is 7.01. The van der Waals surface area contributed by atoms with Crippen molar-refractivity contribution >= 4 is 29.2 Å². The molecule has 0 saturated carbocycles. The molecule has 0 saturated heterocycles. The fraction of sp³-hybridized carbons (Fsp3) is 0.333. The number of benzene rings is 1. The maximum Gasteiger partial charge on any atom is 0.328 e. The first-order chi connectivity index (χ1) is 11.0. The number of carbonyl (C=O) groups is 3. The summed E-state index contributed by atoms with van der Waals surface area (Å²) in [4.78, 5) is 35.2. The van der Waals surface area contributed by atoms with Crippen molar-refractivity contribution in [3.63, 3.8) is 0 Å². The fourth-order valence-electron chi connectivity index (χ4n) is 2.07. The molecule has 1 unspecified atom stereocenters. The molecule has 0 aromatic heterocycles. The minimum Gasteiger partial charge on any atom is -0.480 e. The Balaban J connectivity index is 2.16. The van der Waals surface area contributed by atoms with Crippen molar-refractivity contribution in [2.75, 3.05) is 18.7 Å². The predicted molar refractivity (Wildman–Crippen MR) is 82.0 cm³/mol. The molecule has 8 nitrogen and oxygen atoms in total. The van der Waals surface area contributed by atoms with Crippen molar-refractivity contribution in [1.82, 2.24) is 5.32 Å². The number of carboxylic acids is 1. The average Bonchev–Trinajstić information content (AvgIpc) is 2.55. The van der Waals surface area contributed by atoms with Gasteiger partial charge in [0, 0.05) is 20.0 Å². The monoisotopic (exact) mass is 319 g/mol. The maximum atomic E-state index is 12.2. The van der Waals surface area contributed by atoms with Gasteiger partial charge in [-0.2, -0.15) is 5.10 Å². The summed E-state index contributed by atoms with van der Waals surface area (Å²) < 4.78 is 4.76. The van der Waals surface area contributed by atoms with Gasteiger partial charge in [-0.3, -0.25) is 9.59 Å². The average molecular weight is 319 g/mol. The van der Waals surface area contributed by atoms with Gasteiger partial charge in [-0.05, 0) is 12.1 Å². The van der Waals surface area contributed by atoms with Crippen molar-refractivity contribution in [1.29, 1.82) is 0 Å². The van der Waals surface area contributed by atoms with E-state index < -0.39 is 17.9 Å². The van der Waals surface area contributed by atoms with Crippen molar-refractivity contribution in [3.8, 4) is 0 Å². The van der Waals surface area contributed by atoms with Crippen LogP contribution in [0.5, 0.6) is 0 Å². The number of carbonyl (C=O) groups excluding carboxylic acids is 2. The van der Waals surface area contributed by atoms with Crippen LogP contribution in [0, 0.1) is 0 Å². The first kappa shape index (κ1) is 16.6. The van der Waals surface area contributed by atoms with E-state index in [0.717, 1.165) is 5.01 Å². The Hall–Kier alpha value is -2.74. The van der Waals surface area contributed by atoms with E-state index in [1.807, 2.05) is 0 Å². The quantitative estimate of drug-likeness (QED) is 0.788. The van der Waals surface area contributed by atoms with Gasteiger partial charge in [0.25, 0.3) is 5.91 Å². The minimum absolute atomic E-state index is 0.107. The van der Waals surface area contributed by atoms with Crippen molar-refractivity contribution in [2.24, 2.45) is 5.10 Å². The van der Waals surface area contributed by atoms with Gasteiger partial charge in [0.05, 0.1) is 12.3 Å². The topological polar surface area (TPSA) is 108 Å². The van der Waals surface area contributed by atoms with Gasteiger partial charge in [-0.15, -0.1) is 0 Å². The van der Waals surface area contributed by atoms with Gasteiger partial charge in [-0.1, -0.05) is 18.2 Å². The van der Waals surface area contributed by atoms with E-state index in [2.05, 4.69) is 10.4 Å². The zero-order valence-electron chi connectivity index (χ0n) is 12.6. The highest BCUT2D eigenvalue weighted by molar-refractivity contribution is 6.40. The summed E-state index contributed by atoms with van der Waals surface area (Å²) in [6.45, 7) is -0.157. The van der Waals surface area contributed by atoms with E-state index in [4.69, 9.17) is 9.84 Å². The summed E-state index contributed by atoms with van der Waals surface area (Å²) in [5.74, 6) is -2.05. The number of anilines is 1. The number of hydrogen-bond acceptors (Lipinski definition) is 5. The lowest BCUT2D eigenvalue weighted by Crippen LogP contribution is -2.48. The molecule has 2 amide bonds. The lowest BCUT2D eigenvalue weighted by atomic mass is 10.1. The predicted octanol–water partition coefficient (Wildman–Crippen LogP) is 0.385. The molecular formula is C15H17N3O5. The third-order valence-corrected chi connectivity index (χ3v) is 3.23. The Morgan fingerprint density at radius 2 is 2.04 bits per heavy atom. The molecule has 1 aliphatic rings. The highest BCUT2D eigenvalue weighted by Gasteiger charge is 2.28. The standard InChI is InChI=1S/C15H17N3O5/c1-23-9-12(15(21)22)16-14(20)11-7-8-13(19)18(17-11)10-5-3-2-4-6-10/h2-6,12H,7-9H2,1H3,(H,16,20)(H,21,22). The number of nitrogens with zero attached hydrogens (tertiary/aromatic N) is 2. The second kappa shape index (κ2) is 7.50. The van der Waals surface area contributed by atoms with Gasteiger partial charge >= 0.3 is 5.97 Å². The molecule has 0 radical (unpaired) electrons. The third-order valence-electron chi connectivity index (χ3n) is 3.23. The summed E-state index contributed by atoms with van der Waals surface area (Å²) in [6.07, 6.45) is 0.288. The van der Waals surface area contributed by atoms with E-state index >= 15 is 0 Å². The van der Waals surface area contributed by atoms with Gasteiger partial charge < -0.3 is 15.2 Å². The summed E-state index contributed by atoms with van der Waals surface area (Å²) in [7, 11) is 1.34. The number of carboxylic acid groups (broad SMARTS) is 1. The zero-order chi connectivity index (χ0) is 16.8. The maximum absolute atomic E-state index is 12.2. The normalized spacial score (nSPS) is 15.8. The second-order valence-electron chi connectivity index (χ2n) is 4.91. The molecular weight excluding hydrogens is 302 g/mol. The number of aliphatic carboxylic acids is 1. The van der Waals surface area contributed by atoms with Crippen molar-refractivity contribution < 1.29 is 24.2 Å². The fourth-order valence-corrected chi connectivity index (χ4v) is 2.07. The summed E-state index contributed by atoms with van der Waals surface area (Å²) in [6, 6.07) is 7.55. The lowest BCUT2D eigenvalue weighted by molar-refractivity contribution is -0.142. The van der Waals surface area contributed by atoms with E-state index in [0.29, 0.717) is 5.69 Å². The van der Waals surface area contributed by atoms with Gasteiger partial charge in [-0.25, -0.2) is 9.80 Å². The van der Waals surface area contributed by atoms with Crippen LogP contribution in [0.1, 0.15) is 12.8 Å². The van der Waals surface area contributed by atoms with Crippen LogP contribution in [-0.4, -0.2) is 48.4 Å². The molecule has 1 aliphatic heterocycles. The lowest BCUT2D eigenvalue weighted by Gasteiger charge is -2.23. The van der Waals surface area contributed by atoms with E-state index in [1.54, 1.807) is 30.3 Å². The Morgan fingerprint density at radius 1 is 1.35 bits per heavy atom. The molecule has 2 N–H and O–H groups in total. The number of ether oxygens (including phenoxy) is 1. The van der Waals surface area contributed by atoms with E-state index in [9.17, 15) is 14.4 Å². The van der Waals surface area contributed by atoms with Crippen LogP contribution >= 0.6 is 0 Å². The molecule has 1 aromatic rings. The van der Waals surface area contributed by atoms with Crippen LogP contribution in [0.15, 0.2) is 35.4 Å². The zero-order valence-corrected chi connectivity index (χ0v) is 12.6. The third kappa shape index (κ3) is 4.13. The SMILES string of the molecule is COCC(NC(=O)C1=NN(c2ccccc2)C(=O)CC1)C(=O)O. The smallest absolute Gasteiger partial charge is 0.328 e. The summed E-state index contributed by atoms with van der Waals surface area (Å²) >= 11 is 0. The Bertz CT molecular complexity index is 629. The molecule has 122 valence electrons. The molecule has 1 atom stereocenters.